The summed E-state index contributed by atoms with van der Waals surface area (Å²) in [5.41, 5.74) is 16.8. The number of hydrogen-bond donors (Lipinski definition) is 0. The van der Waals surface area contributed by atoms with Crippen LogP contribution >= 0.6 is 0 Å². The first kappa shape index (κ1) is 31.0. The molecule has 3 heterocycles. The summed E-state index contributed by atoms with van der Waals surface area (Å²) in [5.74, 6) is -0.598. The number of hydrogen-bond acceptors (Lipinski definition) is 4. The van der Waals surface area contributed by atoms with E-state index in [0.29, 0.717) is 5.57 Å². The molecule has 0 spiro atoms. The molecule has 230 valence electrons. The van der Waals surface area contributed by atoms with E-state index < -0.39 is 17.1 Å². The van der Waals surface area contributed by atoms with Crippen LogP contribution in [-0.2, 0) is 26.9 Å². The molecule has 0 saturated carbocycles. The Bertz CT molecular complexity index is 2030. The third-order valence-electron chi connectivity index (χ3n) is 10.6. The lowest BCUT2D eigenvalue weighted by Crippen LogP contribution is -2.40. The molecular formula is C37H44N4O3. The van der Waals surface area contributed by atoms with Crippen LogP contribution in [0.1, 0.15) is 61.2 Å². The van der Waals surface area contributed by atoms with Gasteiger partial charge < -0.3 is 14.6 Å². The van der Waals surface area contributed by atoms with E-state index in [-0.39, 0.29) is 5.56 Å². The Morgan fingerprint density at radius 2 is 1.32 bits per heavy atom. The highest BCUT2D eigenvalue weighted by molar-refractivity contribution is 5.99. The monoisotopic (exact) mass is 592 g/mol. The molecule has 0 N–H and O–H groups in total. The summed E-state index contributed by atoms with van der Waals surface area (Å²) >= 11 is 0. The summed E-state index contributed by atoms with van der Waals surface area (Å²) in [4.78, 5) is 28.2. The van der Waals surface area contributed by atoms with Gasteiger partial charge in [0.05, 0.1) is 12.0 Å². The Kier molecular flexibility index (Phi) is 7.73. The Morgan fingerprint density at radius 3 is 1.95 bits per heavy atom. The van der Waals surface area contributed by atoms with Crippen LogP contribution in [0.5, 0.6) is 5.88 Å². The van der Waals surface area contributed by atoms with Crippen LogP contribution in [0, 0.1) is 55.4 Å². The molecule has 44 heavy (non-hydrogen) atoms. The van der Waals surface area contributed by atoms with Crippen molar-refractivity contribution in [1.82, 2.24) is 9.13 Å². The third-order valence-corrected chi connectivity index (χ3v) is 10.6. The van der Waals surface area contributed by atoms with E-state index >= 15 is 0 Å². The number of fused-ring (bicyclic) bond motifs is 2. The minimum Gasteiger partial charge on any atom is -0.859 e. The quantitative estimate of drug-likeness (QED) is 0.312. The maximum absolute atomic E-state index is 13.4. The molecule has 2 aromatic carbocycles. The van der Waals surface area contributed by atoms with Gasteiger partial charge in [-0.2, -0.15) is 4.58 Å². The standard InChI is InChI=1S/C37H44N4O3/c1-19-21(3)25(7)33-30(23(19)5)17-28(38(33)9)15-13-27(32-35(42)40(11)37(44)41(12)36(32)43)14-16-29-18-31-24(6)20(2)22(4)26(8)34(31)39(29)10/h13-16H,17-18H2,1-12H3. The lowest BCUT2D eigenvalue weighted by Gasteiger charge is -2.21. The van der Waals surface area contributed by atoms with Gasteiger partial charge in [0.1, 0.15) is 7.05 Å². The molecule has 2 aliphatic heterocycles. The second kappa shape index (κ2) is 11.0. The van der Waals surface area contributed by atoms with Crippen molar-refractivity contribution >= 4 is 22.7 Å². The number of aromatic nitrogens is 2. The first-order chi connectivity index (χ1) is 20.6. The van der Waals surface area contributed by atoms with Gasteiger partial charge in [-0.1, -0.05) is 6.08 Å². The number of benzene rings is 2. The van der Waals surface area contributed by atoms with Gasteiger partial charge in [-0.25, -0.2) is 4.79 Å². The molecule has 5 rings (SSSR count). The van der Waals surface area contributed by atoms with Crippen LogP contribution in [-0.4, -0.2) is 33.5 Å². The van der Waals surface area contributed by atoms with Crippen molar-refractivity contribution in [3.8, 4) is 5.88 Å². The van der Waals surface area contributed by atoms with Gasteiger partial charge in [-0.05, 0) is 124 Å². The van der Waals surface area contributed by atoms with Crippen LogP contribution < -0.4 is 21.3 Å². The molecule has 3 aromatic rings. The Balaban J connectivity index is 1.66. The zero-order chi connectivity index (χ0) is 32.5. The topological polar surface area (TPSA) is 73.3 Å². The molecule has 1 aromatic heterocycles. The summed E-state index contributed by atoms with van der Waals surface area (Å²) in [5, 5.41) is 13.4. The van der Waals surface area contributed by atoms with Gasteiger partial charge in [0.2, 0.25) is 5.69 Å². The second-order valence-electron chi connectivity index (χ2n) is 12.6. The van der Waals surface area contributed by atoms with E-state index in [1.165, 1.54) is 81.1 Å². The fourth-order valence-corrected chi connectivity index (χ4v) is 6.98. The zero-order valence-corrected chi connectivity index (χ0v) is 28.2. The maximum atomic E-state index is 13.4. The maximum Gasteiger partial charge on any atom is 0.329 e. The van der Waals surface area contributed by atoms with E-state index in [1.807, 2.05) is 24.3 Å². The molecule has 0 saturated heterocycles. The third kappa shape index (κ3) is 4.52. The molecule has 7 nitrogen and oxygen atoms in total. The van der Waals surface area contributed by atoms with Crippen LogP contribution in [0.2, 0.25) is 0 Å². The molecule has 7 heteroatoms. The van der Waals surface area contributed by atoms with Crippen LogP contribution in [0.3, 0.4) is 0 Å². The lowest BCUT2D eigenvalue weighted by atomic mass is 9.91. The number of likely N-dealkylation sites (N-methyl/N-ethyl adjacent to an activating group) is 1. The van der Waals surface area contributed by atoms with Crippen LogP contribution in [0.15, 0.2) is 39.6 Å². The minimum absolute atomic E-state index is 0.0160. The van der Waals surface area contributed by atoms with Crippen molar-refractivity contribution in [2.75, 3.05) is 19.0 Å². The normalized spacial score (nSPS) is 15.8. The minimum atomic E-state index is -0.634. The summed E-state index contributed by atoms with van der Waals surface area (Å²) in [6.07, 6.45) is 9.24. The van der Waals surface area contributed by atoms with Gasteiger partial charge in [0.25, 0.3) is 5.56 Å². The number of anilines is 1. The van der Waals surface area contributed by atoms with Gasteiger partial charge >= 0.3 is 5.69 Å². The summed E-state index contributed by atoms with van der Waals surface area (Å²) in [7, 11) is 6.97. The van der Waals surface area contributed by atoms with Crippen molar-refractivity contribution in [1.29, 1.82) is 0 Å². The molecule has 2 aliphatic rings. The van der Waals surface area contributed by atoms with E-state index in [9.17, 15) is 14.7 Å². The van der Waals surface area contributed by atoms with Crippen LogP contribution in [0.25, 0.3) is 5.57 Å². The van der Waals surface area contributed by atoms with Crippen molar-refractivity contribution in [2.24, 2.45) is 14.1 Å². The highest BCUT2D eigenvalue weighted by atomic mass is 16.3. The fraction of sp³-hybridized carbons (Fsp3) is 0.378. The molecule has 0 aliphatic carbocycles. The molecule has 0 atom stereocenters. The van der Waals surface area contributed by atoms with Gasteiger partial charge in [-0.3, -0.25) is 9.36 Å². The predicted molar refractivity (Wildman–Crippen MR) is 179 cm³/mol. The Labute approximate surface area is 260 Å². The summed E-state index contributed by atoms with van der Waals surface area (Å²) in [6, 6.07) is 0. The number of allylic oxidation sites excluding steroid dienone is 6. The molecule has 0 fully saturated rings. The number of nitrogens with zero attached hydrogens (tertiary/aromatic N) is 4. The van der Waals surface area contributed by atoms with E-state index in [0.717, 1.165) is 33.4 Å². The molecule has 0 bridgehead atoms. The highest BCUT2D eigenvalue weighted by Crippen LogP contribution is 2.41. The first-order valence-electron chi connectivity index (χ1n) is 15.2. The Morgan fingerprint density at radius 1 is 0.750 bits per heavy atom. The van der Waals surface area contributed by atoms with Gasteiger partial charge in [0.15, 0.2) is 5.71 Å². The van der Waals surface area contributed by atoms with Crippen molar-refractivity contribution in [3.63, 3.8) is 0 Å². The molecule has 0 amide bonds. The Hall–Kier alpha value is -4.39. The van der Waals surface area contributed by atoms with E-state index in [1.54, 1.807) is 0 Å². The van der Waals surface area contributed by atoms with Crippen LogP contribution in [0.4, 0.5) is 11.4 Å². The largest absolute Gasteiger partial charge is 0.859 e. The average Bonchev–Trinajstić information content (AvgIpc) is 3.51. The van der Waals surface area contributed by atoms with Crippen molar-refractivity contribution in [2.45, 2.75) is 68.2 Å². The van der Waals surface area contributed by atoms with Crippen molar-refractivity contribution in [3.05, 3.63) is 112 Å². The summed E-state index contributed by atoms with van der Waals surface area (Å²) in [6.45, 7) is 17.4. The second-order valence-corrected chi connectivity index (χ2v) is 12.6. The molecule has 0 unspecified atom stereocenters. The molecule has 0 radical (unpaired) electrons. The lowest BCUT2D eigenvalue weighted by molar-refractivity contribution is -0.401. The van der Waals surface area contributed by atoms with E-state index in [2.05, 4.69) is 79.0 Å². The average molecular weight is 593 g/mol. The number of rotatable bonds is 4. The van der Waals surface area contributed by atoms with Crippen molar-refractivity contribution < 1.29 is 9.68 Å². The molecular weight excluding hydrogens is 548 g/mol. The smallest absolute Gasteiger partial charge is 0.329 e. The van der Waals surface area contributed by atoms with Gasteiger partial charge in [-0.15, -0.1) is 0 Å². The van der Waals surface area contributed by atoms with Gasteiger partial charge in [0, 0.05) is 56.2 Å². The summed E-state index contributed by atoms with van der Waals surface area (Å²) < 4.78 is 4.22. The SMILES string of the molecule is Cc1c(C)c(C)c2c(c1C)CC(=CC=C(C=CC1=[N+](C)c3c(C)c(C)c(C)c(C)c3C1)c1c([O-])n(C)c(=O)n(C)c1=O)N2C. The van der Waals surface area contributed by atoms with E-state index in [4.69, 9.17) is 0 Å². The zero-order valence-electron chi connectivity index (χ0n) is 28.2. The highest BCUT2D eigenvalue weighted by Gasteiger charge is 2.31. The first-order valence-corrected chi connectivity index (χ1v) is 15.2. The predicted octanol–water partition coefficient (Wildman–Crippen LogP) is 5.11. The fourth-order valence-electron chi connectivity index (χ4n) is 6.98.